The first kappa shape index (κ1) is 33.8. The minimum atomic E-state index is -0.351. The van der Waals surface area contributed by atoms with E-state index in [2.05, 4.69) is 149 Å². The average molecular weight is 551 g/mol. The summed E-state index contributed by atoms with van der Waals surface area (Å²) in [5, 5.41) is 29.2. The molecule has 0 unspecified atom stereocenters. The molecule has 0 aliphatic rings. The van der Waals surface area contributed by atoms with Gasteiger partial charge in [-0.15, -0.1) is 0 Å². The van der Waals surface area contributed by atoms with Crippen LogP contribution in [0.2, 0.25) is 0 Å². The minimum absolute atomic E-state index is 0.106. The van der Waals surface area contributed by atoms with Gasteiger partial charge in [-0.05, 0) is 67.9 Å². The van der Waals surface area contributed by atoms with Gasteiger partial charge in [0.15, 0.2) is 0 Å². The lowest BCUT2D eigenvalue weighted by Crippen LogP contribution is -2.28. The van der Waals surface area contributed by atoms with Crippen molar-refractivity contribution in [2.75, 3.05) is 0 Å². The van der Waals surface area contributed by atoms with Gasteiger partial charge >= 0.3 is 0 Å². The van der Waals surface area contributed by atoms with Crippen molar-refractivity contribution < 1.29 is 9.72 Å². The second-order valence-electron chi connectivity index (χ2n) is 17.9. The van der Waals surface area contributed by atoms with Crippen LogP contribution >= 0.6 is 0 Å². The quantitative estimate of drug-likeness (QED) is 0.212. The Morgan fingerprint density at radius 2 is 0.525 bits per heavy atom. The summed E-state index contributed by atoms with van der Waals surface area (Å²) < 4.78 is 0. The van der Waals surface area contributed by atoms with Crippen LogP contribution in [-0.4, -0.2) is 9.72 Å². The highest BCUT2D eigenvalue weighted by atomic mass is 16.6. The molecule has 0 bridgehead atoms. The zero-order chi connectivity index (χ0) is 31.6. The number of nitrogens with zero attached hydrogens (tertiary/aromatic N) is 2. The Morgan fingerprint density at radius 1 is 0.350 bits per heavy atom. The Balaban J connectivity index is 3.27. The van der Waals surface area contributed by atoms with Crippen LogP contribution in [0, 0.1) is 10.4 Å². The van der Waals surface area contributed by atoms with E-state index in [-0.39, 0.29) is 32.5 Å². The molecule has 2 aromatic rings. The normalized spacial score (nSPS) is 14.8. The Morgan fingerprint density at radius 3 is 0.650 bits per heavy atom. The number of benzene rings is 2. The van der Waals surface area contributed by atoms with Gasteiger partial charge in [0.2, 0.25) is 0 Å². The van der Waals surface area contributed by atoms with Gasteiger partial charge in [-0.3, -0.25) is 0 Å². The largest absolute Gasteiger partial charge is 0.561 e. The second kappa shape index (κ2) is 10.2. The van der Waals surface area contributed by atoms with Crippen molar-refractivity contribution in [2.24, 2.45) is 0 Å². The topological polar surface area (TPSA) is 52.1 Å². The molecule has 0 N–H and O–H groups in total. The molecule has 0 heterocycles. The second-order valence-corrected chi connectivity index (χ2v) is 17.9. The summed E-state index contributed by atoms with van der Waals surface area (Å²) in [5.41, 5.74) is 5.19. The maximum absolute atomic E-state index is 14.6. The average Bonchev–Trinajstić information content (AvgIpc) is 2.72. The van der Waals surface area contributed by atoms with E-state index in [1.807, 2.05) is 0 Å². The standard InChI is InChI=1S/C36H58N2O2/c1-31(2,3)23-19-25(33(7,8)9)29(26(20-23)34(10,11)12)37(39)38(40)30-27(35(13,14)15)21-24(32(4,5)6)22-28(30)36(16,17)18/h19-22H,1-18H3/b38-37+. The van der Waals surface area contributed by atoms with Crippen LogP contribution in [0.3, 0.4) is 0 Å². The number of hydrogen-bond acceptors (Lipinski definition) is 2. The van der Waals surface area contributed by atoms with Crippen LogP contribution in [0.4, 0.5) is 11.4 Å². The van der Waals surface area contributed by atoms with E-state index in [4.69, 9.17) is 0 Å². The van der Waals surface area contributed by atoms with E-state index in [1.165, 1.54) is 0 Å². The van der Waals surface area contributed by atoms with Gasteiger partial charge in [0, 0.05) is 22.3 Å². The maximum atomic E-state index is 14.6. The summed E-state index contributed by atoms with van der Waals surface area (Å²) in [6, 6.07) is 8.56. The molecule has 2 rings (SSSR count). The summed E-state index contributed by atoms with van der Waals surface area (Å²) in [5.74, 6) is 0. The number of azo groups is 1. The van der Waals surface area contributed by atoms with Crippen LogP contribution < -0.4 is 0 Å². The van der Waals surface area contributed by atoms with Crippen LogP contribution in [0.25, 0.3) is 0 Å². The molecule has 0 saturated carbocycles. The zero-order valence-electron chi connectivity index (χ0n) is 29.0. The van der Waals surface area contributed by atoms with Gasteiger partial charge in [-0.2, -0.15) is 0 Å². The first-order valence-electron chi connectivity index (χ1n) is 14.8. The van der Waals surface area contributed by atoms with Crippen LogP contribution in [-0.2, 0) is 32.5 Å². The molecule has 0 amide bonds. The molecule has 224 valence electrons. The van der Waals surface area contributed by atoms with Crippen LogP contribution in [0.5, 0.6) is 0 Å². The summed E-state index contributed by atoms with van der Waals surface area (Å²) in [7, 11) is 0. The van der Waals surface area contributed by atoms with Gasteiger partial charge in [0.1, 0.15) is 0 Å². The van der Waals surface area contributed by atoms with Crippen molar-refractivity contribution in [3.63, 3.8) is 0 Å². The van der Waals surface area contributed by atoms with E-state index in [1.54, 1.807) is 0 Å². The Labute approximate surface area is 246 Å². The van der Waals surface area contributed by atoms with Crippen molar-refractivity contribution >= 4 is 11.4 Å². The molecule has 0 aliphatic carbocycles. The molecule has 40 heavy (non-hydrogen) atoms. The third kappa shape index (κ3) is 7.09. The third-order valence-electron chi connectivity index (χ3n) is 7.73. The minimum Gasteiger partial charge on any atom is -0.561 e. The van der Waals surface area contributed by atoms with Gasteiger partial charge in [0.25, 0.3) is 11.4 Å². The van der Waals surface area contributed by atoms with E-state index < -0.39 is 0 Å². The highest BCUT2D eigenvalue weighted by Gasteiger charge is 2.40. The van der Waals surface area contributed by atoms with Gasteiger partial charge in [-0.25, -0.2) is 0 Å². The van der Waals surface area contributed by atoms with Crippen molar-refractivity contribution in [1.29, 1.82) is 0 Å². The first-order chi connectivity index (χ1) is 17.5. The lowest BCUT2D eigenvalue weighted by molar-refractivity contribution is -0.897. The van der Waals surface area contributed by atoms with Gasteiger partial charge < -0.3 is 10.4 Å². The lowest BCUT2D eigenvalue weighted by atomic mass is 9.74. The van der Waals surface area contributed by atoms with E-state index in [0.29, 0.717) is 21.1 Å². The van der Waals surface area contributed by atoms with Crippen LogP contribution in [0.15, 0.2) is 24.3 Å². The predicted octanol–water partition coefficient (Wildman–Crippen LogP) is 10.9. The highest BCUT2D eigenvalue weighted by Crippen LogP contribution is 2.46. The van der Waals surface area contributed by atoms with Crippen LogP contribution in [0.1, 0.15) is 158 Å². The molecular weight excluding hydrogens is 492 g/mol. The molecule has 0 aromatic heterocycles. The molecule has 4 heteroatoms. The fraction of sp³-hybridized carbons (Fsp3) is 0.667. The predicted molar refractivity (Wildman–Crippen MR) is 172 cm³/mol. The molecule has 4 nitrogen and oxygen atoms in total. The molecular formula is C36H58N2O2. The fourth-order valence-corrected chi connectivity index (χ4v) is 5.02. The lowest BCUT2D eigenvalue weighted by Gasteiger charge is -2.31. The summed E-state index contributed by atoms with van der Waals surface area (Å²) in [4.78, 5) is 1.29. The van der Waals surface area contributed by atoms with E-state index >= 15 is 0 Å². The van der Waals surface area contributed by atoms with Crippen molar-refractivity contribution in [3.8, 4) is 0 Å². The van der Waals surface area contributed by atoms with E-state index in [0.717, 1.165) is 33.4 Å². The Hall–Kier alpha value is -2.36. The summed E-state index contributed by atoms with van der Waals surface area (Å²) in [6.45, 7) is 38.6. The van der Waals surface area contributed by atoms with Gasteiger partial charge in [0.05, 0.1) is 9.72 Å². The molecule has 0 saturated heterocycles. The highest BCUT2D eigenvalue weighted by molar-refractivity contribution is 5.58. The Bertz CT molecular complexity index is 1120. The summed E-state index contributed by atoms with van der Waals surface area (Å²) >= 11 is 0. The molecule has 2 aromatic carbocycles. The molecule has 0 spiro atoms. The molecule has 0 atom stereocenters. The number of hydrogen-bond donors (Lipinski definition) is 0. The molecule has 0 radical (unpaired) electrons. The number of rotatable bonds is 2. The summed E-state index contributed by atoms with van der Waals surface area (Å²) in [6.07, 6.45) is 0. The monoisotopic (exact) mass is 550 g/mol. The van der Waals surface area contributed by atoms with Crippen molar-refractivity contribution in [1.82, 2.24) is 0 Å². The van der Waals surface area contributed by atoms with E-state index in [9.17, 15) is 10.4 Å². The zero-order valence-corrected chi connectivity index (χ0v) is 29.0. The van der Waals surface area contributed by atoms with Crippen molar-refractivity contribution in [3.05, 3.63) is 68.1 Å². The SMILES string of the molecule is CC(C)(C)c1cc(C(C)(C)C)c(/[N+]([O-])=[N+](\[O-])c2c(C(C)(C)C)cc(C(C)(C)C)cc2C(C)(C)C)c(C(C)(C)C)c1. The fourth-order valence-electron chi connectivity index (χ4n) is 5.02. The first-order valence-corrected chi connectivity index (χ1v) is 14.8. The molecule has 0 aliphatic heterocycles. The van der Waals surface area contributed by atoms with Crippen molar-refractivity contribution in [2.45, 2.75) is 157 Å². The Kier molecular flexibility index (Phi) is 8.61. The smallest absolute Gasteiger partial charge is 0.295 e. The third-order valence-corrected chi connectivity index (χ3v) is 7.73. The van der Waals surface area contributed by atoms with Gasteiger partial charge in [-0.1, -0.05) is 125 Å². The molecule has 0 fully saturated rings. The maximum Gasteiger partial charge on any atom is 0.295 e.